The van der Waals surface area contributed by atoms with Crippen molar-refractivity contribution in [3.63, 3.8) is 0 Å². The summed E-state index contributed by atoms with van der Waals surface area (Å²) in [5.74, 6) is 0. The summed E-state index contributed by atoms with van der Waals surface area (Å²) in [4.78, 5) is 11.0. The highest BCUT2D eigenvalue weighted by molar-refractivity contribution is 5.59. The molecule has 0 saturated carbocycles. The molecule has 0 fully saturated rings. The summed E-state index contributed by atoms with van der Waals surface area (Å²) in [6.45, 7) is 5.64. The Bertz CT molecular complexity index is 302. The van der Waals surface area contributed by atoms with Crippen molar-refractivity contribution in [2.45, 2.75) is 19.8 Å². The van der Waals surface area contributed by atoms with Crippen LogP contribution in [0.2, 0.25) is 0 Å². The second-order valence-corrected chi connectivity index (χ2v) is 3.93. The molecule has 74 valence electrons. The van der Waals surface area contributed by atoms with E-state index in [0.717, 1.165) is 19.1 Å². The van der Waals surface area contributed by atoms with E-state index in [2.05, 4.69) is 6.58 Å². The normalized spacial score (nSPS) is 14.4. The van der Waals surface area contributed by atoms with Crippen molar-refractivity contribution in [2.75, 3.05) is 0 Å². The van der Waals surface area contributed by atoms with Crippen LogP contribution in [0.4, 0.5) is 0 Å². The number of carbonyl (C=O) groups is 1. The fourth-order valence-corrected chi connectivity index (χ4v) is 1.55. The maximum atomic E-state index is 11.0. The van der Waals surface area contributed by atoms with Crippen LogP contribution in [-0.4, -0.2) is 6.29 Å². The molecule has 0 radical (unpaired) electrons. The summed E-state index contributed by atoms with van der Waals surface area (Å²) < 4.78 is 0. The maximum Gasteiger partial charge on any atom is 0.126 e. The van der Waals surface area contributed by atoms with Crippen molar-refractivity contribution in [1.29, 1.82) is 0 Å². The van der Waals surface area contributed by atoms with E-state index in [0.29, 0.717) is 0 Å². The van der Waals surface area contributed by atoms with Crippen LogP contribution < -0.4 is 0 Å². The Morgan fingerprint density at radius 3 is 2.50 bits per heavy atom. The molecule has 0 spiro atoms. The summed E-state index contributed by atoms with van der Waals surface area (Å²) in [5, 5.41) is 0. The van der Waals surface area contributed by atoms with Gasteiger partial charge in [0.25, 0.3) is 0 Å². The van der Waals surface area contributed by atoms with Crippen molar-refractivity contribution in [1.82, 2.24) is 0 Å². The fraction of sp³-hybridized carbons (Fsp3) is 0.308. The molecule has 14 heavy (non-hydrogen) atoms. The molecule has 1 atom stereocenters. The average Bonchev–Trinajstić information content (AvgIpc) is 2.20. The Kier molecular flexibility index (Phi) is 3.63. The Morgan fingerprint density at radius 2 is 2.00 bits per heavy atom. The molecule has 0 unspecified atom stereocenters. The topological polar surface area (TPSA) is 17.1 Å². The summed E-state index contributed by atoms with van der Waals surface area (Å²) >= 11 is 0. The lowest BCUT2D eigenvalue weighted by Crippen LogP contribution is -2.20. The maximum absolute atomic E-state index is 11.0. The highest BCUT2D eigenvalue weighted by atomic mass is 16.1. The van der Waals surface area contributed by atoms with Crippen LogP contribution in [0, 0.1) is 5.41 Å². The standard InChI is InChI=1S/C13H16O/c1-3-9-13(2,11-14)10-12-7-5-4-6-8-12/h3-8,11H,1,9-10H2,2H3/t13-/m1/s1. The largest absolute Gasteiger partial charge is 0.303 e. The Balaban J connectivity index is 2.75. The molecular weight excluding hydrogens is 172 g/mol. The van der Waals surface area contributed by atoms with E-state index >= 15 is 0 Å². The van der Waals surface area contributed by atoms with Gasteiger partial charge >= 0.3 is 0 Å². The molecule has 0 aromatic heterocycles. The smallest absolute Gasteiger partial charge is 0.126 e. The monoisotopic (exact) mass is 188 g/mol. The highest BCUT2D eigenvalue weighted by Crippen LogP contribution is 2.24. The molecule has 0 aliphatic carbocycles. The minimum absolute atomic E-state index is 0.302. The van der Waals surface area contributed by atoms with Gasteiger partial charge in [-0.2, -0.15) is 0 Å². The van der Waals surface area contributed by atoms with Gasteiger partial charge in [0.1, 0.15) is 6.29 Å². The summed E-state index contributed by atoms with van der Waals surface area (Å²) in [5.41, 5.74) is 0.896. The first-order chi connectivity index (χ1) is 6.70. The van der Waals surface area contributed by atoms with Crippen LogP contribution in [0.5, 0.6) is 0 Å². The van der Waals surface area contributed by atoms with Crippen LogP contribution >= 0.6 is 0 Å². The van der Waals surface area contributed by atoms with Crippen LogP contribution in [0.25, 0.3) is 0 Å². The van der Waals surface area contributed by atoms with E-state index in [9.17, 15) is 4.79 Å². The third kappa shape index (κ3) is 2.84. The first-order valence-corrected chi connectivity index (χ1v) is 4.81. The third-order valence-corrected chi connectivity index (χ3v) is 2.35. The van der Waals surface area contributed by atoms with Crippen molar-refractivity contribution >= 4 is 6.29 Å². The van der Waals surface area contributed by atoms with Crippen molar-refractivity contribution in [3.05, 3.63) is 48.6 Å². The lowest BCUT2D eigenvalue weighted by molar-refractivity contribution is -0.115. The molecule has 0 bridgehead atoms. The quantitative estimate of drug-likeness (QED) is 0.513. The molecule has 1 nitrogen and oxygen atoms in total. The van der Waals surface area contributed by atoms with Gasteiger partial charge in [-0.05, 0) is 18.4 Å². The molecule has 0 saturated heterocycles. The zero-order chi connectivity index (χ0) is 10.4. The van der Waals surface area contributed by atoms with Gasteiger partial charge in [-0.25, -0.2) is 0 Å². The molecule has 1 aromatic carbocycles. The molecular formula is C13H16O. The van der Waals surface area contributed by atoms with Gasteiger partial charge in [-0.15, -0.1) is 6.58 Å². The lowest BCUT2D eigenvalue weighted by Gasteiger charge is -2.20. The second kappa shape index (κ2) is 4.75. The van der Waals surface area contributed by atoms with E-state index in [1.54, 1.807) is 6.08 Å². The van der Waals surface area contributed by atoms with Gasteiger partial charge in [0, 0.05) is 5.41 Å². The first kappa shape index (κ1) is 10.7. The van der Waals surface area contributed by atoms with Crippen molar-refractivity contribution in [3.8, 4) is 0 Å². The lowest BCUT2D eigenvalue weighted by atomic mass is 9.82. The summed E-state index contributed by atoms with van der Waals surface area (Å²) in [6, 6.07) is 10.1. The Hall–Kier alpha value is -1.37. The number of allylic oxidation sites excluding steroid dienone is 1. The van der Waals surface area contributed by atoms with E-state index in [1.165, 1.54) is 5.56 Å². The summed E-state index contributed by atoms with van der Waals surface area (Å²) in [7, 11) is 0. The highest BCUT2D eigenvalue weighted by Gasteiger charge is 2.21. The molecule has 0 aliphatic heterocycles. The van der Waals surface area contributed by atoms with E-state index in [1.807, 2.05) is 37.3 Å². The molecule has 1 aromatic rings. The van der Waals surface area contributed by atoms with Gasteiger partial charge in [-0.3, -0.25) is 0 Å². The fourth-order valence-electron chi connectivity index (χ4n) is 1.55. The Morgan fingerprint density at radius 1 is 1.36 bits per heavy atom. The molecule has 1 rings (SSSR count). The minimum Gasteiger partial charge on any atom is -0.303 e. The van der Waals surface area contributed by atoms with E-state index in [-0.39, 0.29) is 5.41 Å². The number of benzene rings is 1. The van der Waals surface area contributed by atoms with Crippen LogP contribution in [0.1, 0.15) is 18.9 Å². The number of carbonyl (C=O) groups excluding carboxylic acids is 1. The van der Waals surface area contributed by atoms with Crippen molar-refractivity contribution < 1.29 is 4.79 Å². The van der Waals surface area contributed by atoms with E-state index < -0.39 is 0 Å². The average molecular weight is 188 g/mol. The molecule has 0 aliphatic rings. The summed E-state index contributed by atoms with van der Waals surface area (Å²) in [6.07, 6.45) is 4.34. The Labute approximate surface area is 85.5 Å². The number of aldehydes is 1. The number of hydrogen-bond acceptors (Lipinski definition) is 1. The second-order valence-electron chi connectivity index (χ2n) is 3.93. The SMILES string of the molecule is C=CC[C@@](C)(C=O)Cc1ccccc1. The van der Waals surface area contributed by atoms with Gasteiger partial charge in [0.2, 0.25) is 0 Å². The minimum atomic E-state index is -0.302. The van der Waals surface area contributed by atoms with Crippen LogP contribution in [0.15, 0.2) is 43.0 Å². The molecule has 1 heteroatoms. The molecule has 0 N–H and O–H groups in total. The van der Waals surface area contributed by atoms with Gasteiger partial charge in [-0.1, -0.05) is 43.3 Å². The van der Waals surface area contributed by atoms with Gasteiger partial charge in [0.05, 0.1) is 0 Å². The number of rotatable bonds is 5. The van der Waals surface area contributed by atoms with Crippen molar-refractivity contribution in [2.24, 2.45) is 5.41 Å². The van der Waals surface area contributed by atoms with Crippen LogP contribution in [0.3, 0.4) is 0 Å². The van der Waals surface area contributed by atoms with E-state index in [4.69, 9.17) is 0 Å². The predicted molar refractivity (Wildman–Crippen MR) is 59.1 cm³/mol. The zero-order valence-corrected chi connectivity index (χ0v) is 8.57. The molecule has 0 amide bonds. The predicted octanol–water partition coefficient (Wildman–Crippen LogP) is 3.01. The van der Waals surface area contributed by atoms with Crippen LogP contribution in [-0.2, 0) is 11.2 Å². The first-order valence-electron chi connectivity index (χ1n) is 4.81. The van der Waals surface area contributed by atoms with Gasteiger partial charge in [0.15, 0.2) is 0 Å². The van der Waals surface area contributed by atoms with Gasteiger partial charge < -0.3 is 4.79 Å². The molecule has 0 heterocycles. The zero-order valence-electron chi connectivity index (χ0n) is 8.57. The number of hydrogen-bond donors (Lipinski definition) is 0. The third-order valence-electron chi connectivity index (χ3n) is 2.35.